The van der Waals surface area contributed by atoms with Gasteiger partial charge < -0.3 is 15.5 Å². The average molecular weight is 609 g/mol. The molecule has 0 aromatic heterocycles. The van der Waals surface area contributed by atoms with Crippen molar-refractivity contribution in [1.29, 1.82) is 0 Å². The average Bonchev–Trinajstić information content (AvgIpc) is 3.02. The van der Waals surface area contributed by atoms with Crippen LogP contribution in [-0.2, 0) is 17.8 Å². The Morgan fingerprint density at radius 1 is 0.976 bits per heavy atom. The molecule has 5 rings (SSSR count). The Morgan fingerprint density at radius 3 is 2.43 bits per heavy atom. The number of carbonyl (C=O) groups is 1. The Morgan fingerprint density at radius 2 is 1.71 bits per heavy atom. The number of rotatable bonds is 10. The monoisotopic (exact) mass is 608 g/mol. The van der Waals surface area contributed by atoms with E-state index in [4.69, 9.17) is 17.3 Å². The molecular weight excluding hydrogens is 567 g/mol. The number of nitrogens with two attached hydrogens (primary N) is 1. The maximum Gasteiger partial charge on any atom is 0.239 e. The van der Waals surface area contributed by atoms with Gasteiger partial charge in [-0.1, -0.05) is 61.0 Å². The molecule has 2 fully saturated rings. The van der Waals surface area contributed by atoms with Gasteiger partial charge in [0.05, 0.1) is 6.04 Å². The van der Waals surface area contributed by atoms with Crippen LogP contribution in [0.4, 0.5) is 4.39 Å². The maximum atomic E-state index is 14.6. The number of halogens is 2. The third-order valence-corrected chi connectivity index (χ3v) is 9.93. The zero-order chi connectivity index (χ0) is 29.5. The fourth-order valence-corrected chi connectivity index (χ4v) is 7.24. The zero-order valence-electron chi connectivity index (χ0n) is 24.5. The van der Waals surface area contributed by atoms with Crippen molar-refractivity contribution in [2.45, 2.75) is 43.7 Å². The number of likely N-dealkylation sites (tertiary alicyclic amines) is 1. The van der Waals surface area contributed by atoms with Gasteiger partial charge in [0.1, 0.15) is 5.82 Å². The third-order valence-electron chi connectivity index (χ3n) is 8.72. The van der Waals surface area contributed by atoms with Crippen LogP contribution in [0.25, 0.3) is 11.1 Å². The number of thioether (sulfide) groups is 1. The van der Waals surface area contributed by atoms with E-state index in [-0.39, 0.29) is 17.6 Å². The van der Waals surface area contributed by atoms with E-state index < -0.39 is 6.04 Å². The smallest absolute Gasteiger partial charge is 0.239 e. The molecule has 3 aromatic rings. The van der Waals surface area contributed by atoms with E-state index in [0.717, 1.165) is 73.2 Å². The van der Waals surface area contributed by atoms with E-state index in [0.29, 0.717) is 19.6 Å². The van der Waals surface area contributed by atoms with Gasteiger partial charge in [-0.3, -0.25) is 9.69 Å². The van der Waals surface area contributed by atoms with Crippen molar-refractivity contribution in [2.24, 2.45) is 11.7 Å². The van der Waals surface area contributed by atoms with Crippen molar-refractivity contribution in [3.8, 4) is 11.1 Å². The largest absolute Gasteiger partial charge is 0.339 e. The van der Waals surface area contributed by atoms with Gasteiger partial charge in [-0.05, 0) is 85.0 Å². The summed E-state index contributed by atoms with van der Waals surface area (Å²) in [5.74, 6) is 1.02. The Bertz CT molecular complexity index is 1330. The van der Waals surface area contributed by atoms with Crippen molar-refractivity contribution in [3.63, 3.8) is 0 Å². The highest BCUT2D eigenvalue weighted by Gasteiger charge is 2.33. The van der Waals surface area contributed by atoms with E-state index in [1.807, 2.05) is 23.1 Å². The lowest BCUT2D eigenvalue weighted by Crippen LogP contribution is -2.55. The number of hydrogen-bond acceptors (Lipinski definition) is 5. The van der Waals surface area contributed by atoms with Gasteiger partial charge in [0.15, 0.2) is 0 Å². The molecule has 224 valence electrons. The summed E-state index contributed by atoms with van der Waals surface area (Å²) in [6, 6.07) is 21.5. The molecular formula is C34H42ClFN4OS. The summed E-state index contributed by atoms with van der Waals surface area (Å²) in [5.41, 5.74) is 11.0. The fraction of sp³-hybridized carbons (Fsp3) is 0.441. The summed E-state index contributed by atoms with van der Waals surface area (Å²) in [6.07, 6.45) is 2.79. The summed E-state index contributed by atoms with van der Waals surface area (Å²) < 4.78 is 14.6. The Labute approximate surface area is 259 Å². The first kappa shape index (κ1) is 31.0. The number of amides is 1. The van der Waals surface area contributed by atoms with Gasteiger partial charge >= 0.3 is 0 Å². The van der Waals surface area contributed by atoms with Crippen LogP contribution < -0.4 is 5.73 Å². The van der Waals surface area contributed by atoms with Crippen molar-refractivity contribution in [1.82, 2.24) is 14.7 Å². The second-order valence-corrected chi connectivity index (χ2v) is 13.1. The quantitative estimate of drug-likeness (QED) is 0.279. The molecule has 3 aromatic carbocycles. The molecule has 5 nitrogen and oxygen atoms in total. The topological polar surface area (TPSA) is 52.8 Å². The lowest BCUT2D eigenvalue weighted by Gasteiger charge is -2.39. The first-order valence-corrected chi connectivity index (χ1v) is 16.5. The van der Waals surface area contributed by atoms with Crippen LogP contribution in [0.3, 0.4) is 0 Å². The minimum absolute atomic E-state index is 0.0626. The molecule has 0 bridgehead atoms. The van der Waals surface area contributed by atoms with Crippen LogP contribution >= 0.6 is 23.4 Å². The number of piperidine rings is 1. The Hall–Kier alpha value is -2.42. The van der Waals surface area contributed by atoms with Gasteiger partial charge in [-0.2, -0.15) is 0 Å². The van der Waals surface area contributed by atoms with Crippen molar-refractivity contribution >= 4 is 29.3 Å². The molecule has 42 heavy (non-hydrogen) atoms. The van der Waals surface area contributed by atoms with Gasteiger partial charge in [-0.15, -0.1) is 11.8 Å². The van der Waals surface area contributed by atoms with Crippen LogP contribution in [0.1, 0.15) is 30.9 Å². The first-order valence-electron chi connectivity index (χ1n) is 15.2. The summed E-state index contributed by atoms with van der Waals surface area (Å²) >= 11 is 8.04. The number of carbonyl (C=O) groups excluding carboxylic acids is 1. The van der Waals surface area contributed by atoms with Gasteiger partial charge in [0, 0.05) is 54.8 Å². The summed E-state index contributed by atoms with van der Waals surface area (Å²) in [4.78, 5) is 21.0. The van der Waals surface area contributed by atoms with Crippen LogP contribution in [0.2, 0.25) is 5.02 Å². The minimum atomic E-state index is -0.463. The predicted molar refractivity (Wildman–Crippen MR) is 172 cm³/mol. The maximum absolute atomic E-state index is 14.6. The van der Waals surface area contributed by atoms with Crippen LogP contribution in [0.15, 0.2) is 71.6 Å². The molecule has 2 N–H and O–H groups in total. The summed E-state index contributed by atoms with van der Waals surface area (Å²) in [7, 11) is 0. The fourth-order valence-electron chi connectivity index (χ4n) is 6.23. The van der Waals surface area contributed by atoms with Gasteiger partial charge in [0.25, 0.3) is 0 Å². The van der Waals surface area contributed by atoms with Crippen molar-refractivity contribution < 1.29 is 9.18 Å². The van der Waals surface area contributed by atoms with Crippen LogP contribution in [0.5, 0.6) is 0 Å². The Balaban J connectivity index is 1.08. The molecule has 2 aliphatic rings. The lowest BCUT2D eigenvalue weighted by atomic mass is 9.88. The van der Waals surface area contributed by atoms with E-state index >= 15 is 0 Å². The van der Waals surface area contributed by atoms with Gasteiger partial charge in [0.2, 0.25) is 5.91 Å². The molecule has 0 saturated carbocycles. The van der Waals surface area contributed by atoms with E-state index in [1.165, 1.54) is 16.7 Å². The van der Waals surface area contributed by atoms with Crippen LogP contribution in [-0.4, -0.2) is 78.2 Å². The minimum Gasteiger partial charge on any atom is -0.339 e. The summed E-state index contributed by atoms with van der Waals surface area (Å²) in [5, 5.41) is 0.765. The predicted octanol–water partition coefficient (Wildman–Crippen LogP) is 6.18. The molecule has 0 aliphatic carbocycles. The highest BCUT2D eigenvalue weighted by Crippen LogP contribution is 2.29. The summed E-state index contributed by atoms with van der Waals surface area (Å²) in [6.45, 7) is 8.25. The van der Waals surface area contributed by atoms with E-state index in [2.05, 4.69) is 53.1 Å². The highest BCUT2D eigenvalue weighted by molar-refractivity contribution is 7.99. The van der Waals surface area contributed by atoms with Gasteiger partial charge in [-0.25, -0.2) is 4.39 Å². The second kappa shape index (κ2) is 14.8. The second-order valence-electron chi connectivity index (χ2n) is 11.4. The van der Waals surface area contributed by atoms with Crippen LogP contribution in [0, 0.1) is 11.7 Å². The SMILES string of the molecule is CCSc1cccc(F)c1CN1CCN(C(=O)C(N)C2CCN(CCc3cc(Cl)ccc3-c3ccccc3)CC2)CC1. The molecule has 0 spiro atoms. The normalized spacial score (nSPS) is 17.9. The zero-order valence-corrected chi connectivity index (χ0v) is 26.1. The molecule has 8 heteroatoms. The molecule has 1 atom stereocenters. The molecule has 2 aliphatic heterocycles. The molecule has 0 radical (unpaired) electrons. The number of piperazine rings is 1. The molecule has 2 saturated heterocycles. The van der Waals surface area contributed by atoms with Crippen molar-refractivity contribution in [3.05, 3.63) is 88.7 Å². The number of benzene rings is 3. The first-order chi connectivity index (χ1) is 20.4. The molecule has 2 heterocycles. The standard InChI is InChI=1S/C34H42ClFN4OS/c1-2-42-32-10-6-9-31(36)30(32)24-39-19-21-40(22-20-39)34(41)33(37)26-13-16-38(17-14-26)18-15-27-23-28(35)11-12-29(27)25-7-4-3-5-8-25/h3-12,23,26,33H,2,13-22,24,37H2,1H3. The Kier molecular flexibility index (Phi) is 11.0. The van der Waals surface area contributed by atoms with Crippen molar-refractivity contribution in [2.75, 3.05) is 51.6 Å². The van der Waals surface area contributed by atoms with E-state index in [1.54, 1.807) is 23.9 Å². The highest BCUT2D eigenvalue weighted by atomic mass is 35.5. The third kappa shape index (κ3) is 7.74. The number of hydrogen-bond donors (Lipinski definition) is 1. The lowest BCUT2D eigenvalue weighted by molar-refractivity contribution is -0.136. The molecule has 1 unspecified atom stereocenters. The van der Waals surface area contributed by atoms with E-state index in [9.17, 15) is 9.18 Å². The molecule has 1 amide bonds. The number of nitrogens with zero attached hydrogens (tertiary/aromatic N) is 3.